The average Bonchev–Trinajstić information content (AvgIpc) is 3.18. The van der Waals surface area contributed by atoms with Crippen LogP contribution < -0.4 is 5.32 Å². The minimum Gasteiger partial charge on any atom is -0.373 e. The van der Waals surface area contributed by atoms with Gasteiger partial charge >= 0.3 is 0 Å². The fourth-order valence-corrected chi connectivity index (χ4v) is 6.24. The van der Waals surface area contributed by atoms with E-state index in [2.05, 4.69) is 17.1 Å². The second-order valence-electron chi connectivity index (χ2n) is 8.55. The zero-order valence-corrected chi connectivity index (χ0v) is 19.5. The van der Waals surface area contributed by atoms with Gasteiger partial charge in [-0.05, 0) is 63.9 Å². The van der Waals surface area contributed by atoms with E-state index in [1.807, 2.05) is 13.8 Å². The number of benzene rings is 1. The minimum absolute atomic E-state index is 0.0387. The van der Waals surface area contributed by atoms with Crippen LogP contribution >= 0.6 is 11.6 Å². The van der Waals surface area contributed by atoms with Gasteiger partial charge in [-0.3, -0.25) is 4.79 Å². The lowest BCUT2D eigenvalue weighted by Crippen LogP contribution is -2.48. The second kappa shape index (κ2) is 9.96. The lowest BCUT2D eigenvalue weighted by Gasteiger charge is -2.34. The van der Waals surface area contributed by atoms with Crippen LogP contribution in [0.5, 0.6) is 0 Å². The van der Waals surface area contributed by atoms with Gasteiger partial charge in [0.15, 0.2) is 0 Å². The highest BCUT2D eigenvalue weighted by Gasteiger charge is 2.34. The molecule has 1 aromatic rings. The fraction of sp³-hybridized carbons (Fsp3) is 0.667. The maximum Gasteiger partial charge on any atom is 0.251 e. The maximum absolute atomic E-state index is 13.2. The van der Waals surface area contributed by atoms with E-state index < -0.39 is 10.0 Å². The summed E-state index contributed by atoms with van der Waals surface area (Å²) in [6, 6.07) is 4.42. The van der Waals surface area contributed by atoms with Crippen molar-refractivity contribution in [2.24, 2.45) is 5.92 Å². The van der Waals surface area contributed by atoms with Crippen molar-refractivity contribution in [3.05, 3.63) is 28.8 Å². The maximum atomic E-state index is 13.2. The third-order valence-electron chi connectivity index (χ3n) is 5.58. The summed E-state index contributed by atoms with van der Waals surface area (Å²) in [5, 5.41) is 3.04. The largest absolute Gasteiger partial charge is 0.373 e. The summed E-state index contributed by atoms with van der Waals surface area (Å²) in [6.07, 6.45) is 2.07. The van der Waals surface area contributed by atoms with Gasteiger partial charge in [-0.1, -0.05) is 18.5 Å². The van der Waals surface area contributed by atoms with Crippen LogP contribution in [0.3, 0.4) is 0 Å². The first-order valence-corrected chi connectivity index (χ1v) is 12.4. The molecule has 168 valence electrons. The molecular formula is C21H32ClN3O4S. The number of halogens is 1. The Labute approximate surface area is 184 Å². The van der Waals surface area contributed by atoms with Crippen molar-refractivity contribution in [2.45, 2.75) is 50.7 Å². The van der Waals surface area contributed by atoms with Gasteiger partial charge in [0, 0.05) is 31.7 Å². The van der Waals surface area contributed by atoms with Crippen LogP contribution in [0.15, 0.2) is 23.1 Å². The minimum atomic E-state index is -3.83. The van der Waals surface area contributed by atoms with E-state index >= 15 is 0 Å². The van der Waals surface area contributed by atoms with Crippen molar-refractivity contribution >= 4 is 27.5 Å². The summed E-state index contributed by atoms with van der Waals surface area (Å²) in [7, 11) is -3.83. The zero-order chi connectivity index (χ0) is 21.9. The number of nitrogens with one attached hydrogen (secondary N) is 1. The molecule has 2 aliphatic rings. The highest BCUT2D eigenvalue weighted by atomic mass is 35.5. The third-order valence-corrected chi connectivity index (χ3v) is 7.89. The smallest absolute Gasteiger partial charge is 0.251 e. The Morgan fingerprint density at radius 2 is 1.87 bits per heavy atom. The van der Waals surface area contributed by atoms with E-state index in [9.17, 15) is 13.2 Å². The molecule has 1 aromatic carbocycles. The average molecular weight is 458 g/mol. The van der Waals surface area contributed by atoms with Gasteiger partial charge < -0.3 is 15.0 Å². The molecule has 1 amide bonds. The van der Waals surface area contributed by atoms with Gasteiger partial charge in [-0.25, -0.2) is 8.42 Å². The number of hydrogen-bond acceptors (Lipinski definition) is 5. The number of rotatable bonds is 7. The third kappa shape index (κ3) is 5.73. The van der Waals surface area contributed by atoms with Crippen LogP contribution in [0.1, 0.15) is 44.0 Å². The number of hydrogen-bond donors (Lipinski definition) is 1. The molecule has 7 nitrogen and oxygen atoms in total. The Morgan fingerprint density at radius 1 is 1.23 bits per heavy atom. The topological polar surface area (TPSA) is 79.0 Å². The first-order valence-electron chi connectivity index (χ1n) is 10.6. The molecule has 0 aromatic heterocycles. The molecule has 2 heterocycles. The van der Waals surface area contributed by atoms with Crippen LogP contribution in [0.2, 0.25) is 5.02 Å². The molecule has 3 rings (SSSR count). The van der Waals surface area contributed by atoms with Crippen LogP contribution in [0.4, 0.5) is 0 Å². The molecule has 0 aliphatic carbocycles. The molecule has 2 aliphatic heterocycles. The Hall–Kier alpha value is -1.19. The summed E-state index contributed by atoms with van der Waals surface area (Å²) in [4.78, 5) is 15.0. The van der Waals surface area contributed by atoms with Crippen molar-refractivity contribution < 1.29 is 17.9 Å². The van der Waals surface area contributed by atoms with Crippen molar-refractivity contribution in [1.82, 2.24) is 14.5 Å². The van der Waals surface area contributed by atoms with Gasteiger partial charge in [-0.15, -0.1) is 0 Å². The van der Waals surface area contributed by atoms with Gasteiger partial charge in [0.2, 0.25) is 10.0 Å². The van der Waals surface area contributed by atoms with E-state index in [4.69, 9.17) is 16.3 Å². The van der Waals surface area contributed by atoms with Crippen LogP contribution in [0.25, 0.3) is 0 Å². The Balaban J connectivity index is 1.68. The normalized spacial score (nSPS) is 24.7. The fourth-order valence-electron chi connectivity index (χ4n) is 4.15. The summed E-state index contributed by atoms with van der Waals surface area (Å²) in [5.74, 6) is 0.0268. The number of sulfonamides is 1. The van der Waals surface area contributed by atoms with Crippen molar-refractivity contribution in [3.63, 3.8) is 0 Å². The first kappa shape index (κ1) is 23.5. The van der Waals surface area contributed by atoms with E-state index in [0.717, 1.165) is 19.6 Å². The Morgan fingerprint density at radius 3 is 2.50 bits per heavy atom. The predicted molar refractivity (Wildman–Crippen MR) is 117 cm³/mol. The van der Waals surface area contributed by atoms with Crippen LogP contribution in [-0.4, -0.2) is 75.0 Å². The van der Waals surface area contributed by atoms with E-state index in [0.29, 0.717) is 18.0 Å². The lowest BCUT2D eigenvalue weighted by molar-refractivity contribution is -0.0440. The van der Waals surface area contributed by atoms with Crippen molar-refractivity contribution in [2.75, 3.05) is 39.3 Å². The van der Waals surface area contributed by atoms with Gasteiger partial charge in [0.25, 0.3) is 5.91 Å². The quantitative estimate of drug-likeness (QED) is 0.680. The SMILES string of the molecule is CC(CNC(=O)c1ccc(Cl)c(S(=O)(=O)N2CC(C)OC(C)C2)c1)CN1CCCC1. The zero-order valence-electron chi connectivity index (χ0n) is 17.9. The molecule has 2 fully saturated rings. The molecule has 0 saturated carbocycles. The highest BCUT2D eigenvalue weighted by Crippen LogP contribution is 2.28. The number of amides is 1. The predicted octanol–water partition coefficient (Wildman–Crippen LogP) is 2.60. The summed E-state index contributed by atoms with van der Waals surface area (Å²) in [6.45, 7) is 10.0. The second-order valence-corrected chi connectivity index (χ2v) is 10.9. The number of carbonyl (C=O) groups is 1. The molecule has 9 heteroatoms. The van der Waals surface area contributed by atoms with Crippen LogP contribution in [-0.2, 0) is 14.8 Å². The molecular weight excluding hydrogens is 426 g/mol. The first-order chi connectivity index (χ1) is 14.2. The van der Waals surface area contributed by atoms with Crippen LogP contribution in [0, 0.1) is 5.92 Å². The number of carbonyl (C=O) groups excluding carboxylic acids is 1. The molecule has 0 radical (unpaired) electrons. The molecule has 3 atom stereocenters. The molecule has 0 spiro atoms. The summed E-state index contributed by atoms with van der Waals surface area (Å²) in [5.41, 5.74) is 0.292. The summed E-state index contributed by atoms with van der Waals surface area (Å²) < 4.78 is 33.4. The molecule has 1 N–H and O–H groups in total. The van der Waals surface area contributed by atoms with Gasteiger partial charge in [0.05, 0.1) is 17.2 Å². The highest BCUT2D eigenvalue weighted by molar-refractivity contribution is 7.89. The van der Waals surface area contributed by atoms with E-state index in [1.54, 1.807) is 6.07 Å². The van der Waals surface area contributed by atoms with Gasteiger partial charge in [0.1, 0.15) is 4.90 Å². The number of morpholine rings is 1. The molecule has 30 heavy (non-hydrogen) atoms. The number of nitrogens with zero attached hydrogens (tertiary/aromatic N) is 2. The standard InChI is InChI=1S/C21H32ClN3O4S/c1-15(12-24-8-4-5-9-24)11-23-21(26)18-6-7-19(22)20(10-18)30(27,28)25-13-16(2)29-17(3)14-25/h6-7,10,15-17H,4-5,8-9,11-14H2,1-3H3,(H,23,26). The summed E-state index contributed by atoms with van der Waals surface area (Å²) >= 11 is 6.23. The van der Waals surface area contributed by atoms with Crippen molar-refractivity contribution in [3.8, 4) is 0 Å². The molecule has 2 saturated heterocycles. The lowest BCUT2D eigenvalue weighted by atomic mass is 10.1. The molecule has 0 bridgehead atoms. The Kier molecular flexibility index (Phi) is 7.79. The monoisotopic (exact) mass is 457 g/mol. The van der Waals surface area contributed by atoms with E-state index in [-0.39, 0.29) is 41.1 Å². The van der Waals surface area contributed by atoms with E-state index in [1.165, 1.54) is 29.3 Å². The van der Waals surface area contributed by atoms with Crippen molar-refractivity contribution in [1.29, 1.82) is 0 Å². The Bertz CT molecular complexity index is 848. The van der Waals surface area contributed by atoms with Gasteiger partial charge in [-0.2, -0.15) is 4.31 Å². The molecule has 3 unspecified atom stereocenters. The number of likely N-dealkylation sites (tertiary alicyclic amines) is 1. The number of ether oxygens (including phenoxy) is 1.